The summed E-state index contributed by atoms with van der Waals surface area (Å²) in [6.07, 6.45) is 3.84. The van der Waals surface area contributed by atoms with Gasteiger partial charge in [0, 0.05) is 45.0 Å². The molecule has 10 heteroatoms. The summed E-state index contributed by atoms with van der Waals surface area (Å²) in [6, 6.07) is 6.36. The Kier molecular flexibility index (Phi) is 6.71. The van der Waals surface area contributed by atoms with E-state index in [9.17, 15) is 13.2 Å². The number of hydrogen-bond acceptors (Lipinski definition) is 5. The summed E-state index contributed by atoms with van der Waals surface area (Å²) in [6.45, 7) is 2.92. The Bertz CT molecular complexity index is 896. The number of rotatable bonds is 7. The van der Waals surface area contributed by atoms with Gasteiger partial charge in [-0.05, 0) is 19.1 Å². The molecule has 1 aromatic heterocycles. The summed E-state index contributed by atoms with van der Waals surface area (Å²) in [5.74, 6) is 0.652. The highest BCUT2D eigenvalue weighted by Gasteiger charge is 2.31. The average molecular weight is 427 g/mol. The molecule has 0 spiro atoms. The van der Waals surface area contributed by atoms with Gasteiger partial charge in [-0.25, -0.2) is 13.4 Å². The van der Waals surface area contributed by atoms with Crippen molar-refractivity contribution < 1.29 is 17.9 Å². The standard InChI is InChI=1S/C18H23ClN4O4S/c1-14(12-17-20-6-7-21-17)27-13-18(24)22-8-10-23(11-9-22)28(25,26)16-5-3-2-4-15(16)19/h2-7,14H,8-13H2,1H3,(H,20,21)/t14-/m1/s1. The molecule has 1 aliphatic heterocycles. The number of aromatic nitrogens is 2. The summed E-state index contributed by atoms with van der Waals surface area (Å²) < 4.78 is 32.5. The molecule has 0 aliphatic carbocycles. The molecule has 3 rings (SSSR count). The molecule has 2 heterocycles. The number of benzene rings is 1. The van der Waals surface area contributed by atoms with Crippen molar-refractivity contribution in [3.05, 3.63) is 47.5 Å². The Hall–Kier alpha value is -1.94. The molecule has 8 nitrogen and oxygen atoms in total. The van der Waals surface area contributed by atoms with Crippen molar-refractivity contribution in [2.24, 2.45) is 0 Å². The number of nitrogens with zero attached hydrogens (tertiary/aromatic N) is 3. The number of H-pyrrole nitrogens is 1. The van der Waals surface area contributed by atoms with Crippen LogP contribution in [0, 0.1) is 0 Å². The second-order valence-corrected chi connectivity index (χ2v) is 8.89. The third kappa shape index (κ3) is 4.91. The Morgan fingerprint density at radius 1 is 1.29 bits per heavy atom. The van der Waals surface area contributed by atoms with Crippen LogP contribution in [0.1, 0.15) is 12.7 Å². The number of piperazine rings is 1. The molecule has 2 aromatic rings. The first kappa shape index (κ1) is 20.8. The fraction of sp³-hybridized carbons (Fsp3) is 0.444. The maximum absolute atomic E-state index is 12.8. The van der Waals surface area contributed by atoms with Gasteiger partial charge in [-0.2, -0.15) is 4.31 Å². The van der Waals surface area contributed by atoms with Crippen molar-refractivity contribution in [3.63, 3.8) is 0 Å². The smallest absolute Gasteiger partial charge is 0.248 e. The molecule has 0 unspecified atom stereocenters. The number of carbonyl (C=O) groups excluding carboxylic acids is 1. The van der Waals surface area contributed by atoms with Crippen molar-refractivity contribution in [3.8, 4) is 0 Å². The topological polar surface area (TPSA) is 95.6 Å². The zero-order valence-electron chi connectivity index (χ0n) is 15.5. The lowest BCUT2D eigenvalue weighted by atomic mass is 10.3. The van der Waals surface area contributed by atoms with E-state index in [-0.39, 0.29) is 41.6 Å². The zero-order chi connectivity index (χ0) is 20.1. The lowest BCUT2D eigenvalue weighted by Crippen LogP contribution is -2.51. The highest BCUT2D eigenvalue weighted by atomic mass is 35.5. The second kappa shape index (κ2) is 9.04. The van der Waals surface area contributed by atoms with E-state index in [0.29, 0.717) is 19.5 Å². The highest BCUT2D eigenvalue weighted by Crippen LogP contribution is 2.25. The van der Waals surface area contributed by atoms with Crippen molar-refractivity contribution in [1.82, 2.24) is 19.2 Å². The van der Waals surface area contributed by atoms with E-state index in [1.54, 1.807) is 35.5 Å². The average Bonchev–Trinajstić information content (AvgIpc) is 3.19. The van der Waals surface area contributed by atoms with Gasteiger partial charge in [-0.1, -0.05) is 23.7 Å². The van der Waals surface area contributed by atoms with Crippen LogP contribution in [0.25, 0.3) is 0 Å². The molecule has 1 aromatic carbocycles. The number of imidazole rings is 1. The van der Waals surface area contributed by atoms with Crippen molar-refractivity contribution in [2.45, 2.75) is 24.3 Å². The predicted molar refractivity (Wildman–Crippen MR) is 104 cm³/mol. The molecule has 28 heavy (non-hydrogen) atoms. The first-order valence-electron chi connectivity index (χ1n) is 9.00. The third-order valence-electron chi connectivity index (χ3n) is 4.57. The maximum atomic E-state index is 12.8. The minimum Gasteiger partial charge on any atom is -0.368 e. The molecule has 0 bridgehead atoms. The maximum Gasteiger partial charge on any atom is 0.248 e. The van der Waals surface area contributed by atoms with Gasteiger partial charge in [0.2, 0.25) is 15.9 Å². The number of aromatic amines is 1. The van der Waals surface area contributed by atoms with Gasteiger partial charge in [-0.3, -0.25) is 4.79 Å². The van der Waals surface area contributed by atoms with E-state index >= 15 is 0 Å². The molecular formula is C18H23ClN4O4S. The summed E-state index contributed by atoms with van der Waals surface area (Å²) >= 11 is 6.04. The fourth-order valence-corrected chi connectivity index (χ4v) is 4.93. The van der Waals surface area contributed by atoms with Crippen LogP contribution in [0.4, 0.5) is 0 Å². The number of ether oxygens (including phenoxy) is 1. The van der Waals surface area contributed by atoms with Crippen LogP contribution in [0.5, 0.6) is 0 Å². The summed E-state index contributed by atoms with van der Waals surface area (Å²) in [7, 11) is -3.67. The van der Waals surface area contributed by atoms with Crippen LogP contribution in [-0.2, 0) is 26.0 Å². The highest BCUT2D eigenvalue weighted by molar-refractivity contribution is 7.89. The second-order valence-electron chi connectivity index (χ2n) is 6.58. The number of sulfonamides is 1. The molecule has 152 valence electrons. The van der Waals surface area contributed by atoms with E-state index < -0.39 is 10.0 Å². The van der Waals surface area contributed by atoms with Gasteiger partial charge < -0.3 is 14.6 Å². The zero-order valence-corrected chi connectivity index (χ0v) is 17.1. The van der Waals surface area contributed by atoms with Crippen LogP contribution in [0.2, 0.25) is 5.02 Å². The number of nitrogens with one attached hydrogen (secondary N) is 1. The van der Waals surface area contributed by atoms with Crippen molar-refractivity contribution in [2.75, 3.05) is 32.8 Å². The molecule has 1 saturated heterocycles. The normalized spacial score (nSPS) is 16.9. The number of carbonyl (C=O) groups is 1. The molecule has 1 aliphatic rings. The number of halogens is 1. The fourth-order valence-electron chi connectivity index (χ4n) is 3.02. The summed E-state index contributed by atoms with van der Waals surface area (Å²) in [5, 5.41) is 0.194. The van der Waals surface area contributed by atoms with Crippen LogP contribution in [0.15, 0.2) is 41.6 Å². The molecule has 0 radical (unpaired) electrons. The van der Waals surface area contributed by atoms with Gasteiger partial charge in [-0.15, -0.1) is 0 Å². The van der Waals surface area contributed by atoms with Crippen LogP contribution >= 0.6 is 11.6 Å². The number of amides is 1. The molecule has 1 amide bonds. The minimum atomic E-state index is -3.67. The van der Waals surface area contributed by atoms with E-state index in [0.717, 1.165) is 5.82 Å². The number of hydrogen-bond donors (Lipinski definition) is 1. The quantitative estimate of drug-likeness (QED) is 0.724. The van der Waals surface area contributed by atoms with Crippen molar-refractivity contribution >= 4 is 27.5 Å². The van der Waals surface area contributed by atoms with Gasteiger partial charge in [0.1, 0.15) is 17.3 Å². The lowest BCUT2D eigenvalue weighted by molar-refractivity contribution is -0.139. The third-order valence-corrected chi connectivity index (χ3v) is 6.97. The van der Waals surface area contributed by atoms with Crippen LogP contribution in [-0.4, -0.2) is 72.4 Å². The Morgan fingerprint density at radius 3 is 2.64 bits per heavy atom. The Morgan fingerprint density at radius 2 is 2.00 bits per heavy atom. The Labute approximate surface area is 169 Å². The SMILES string of the molecule is C[C@H](Cc1ncc[nH]1)OCC(=O)N1CCN(S(=O)(=O)c2ccccc2Cl)CC1. The molecular weight excluding hydrogens is 404 g/mol. The largest absolute Gasteiger partial charge is 0.368 e. The Balaban J connectivity index is 1.49. The van der Waals surface area contributed by atoms with E-state index in [2.05, 4.69) is 9.97 Å². The van der Waals surface area contributed by atoms with E-state index in [1.165, 1.54) is 10.4 Å². The molecule has 1 fully saturated rings. The monoisotopic (exact) mass is 426 g/mol. The lowest BCUT2D eigenvalue weighted by Gasteiger charge is -2.34. The van der Waals surface area contributed by atoms with Crippen LogP contribution < -0.4 is 0 Å². The first-order chi connectivity index (χ1) is 13.4. The molecule has 1 N–H and O–H groups in total. The predicted octanol–water partition coefficient (Wildman–Crippen LogP) is 1.54. The van der Waals surface area contributed by atoms with Crippen molar-refractivity contribution in [1.29, 1.82) is 0 Å². The molecule has 0 saturated carbocycles. The van der Waals surface area contributed by atoms with Crippen LogP contribution in [0.3, 0.4) is 0 Å². The van der Waals surface area contributed by atoms with Gasteiger partial charge in [0.05, 0.1) is 11.1 Å². The minimum absolute atomic E-state index is 0.0425. The summed E-state index contributed by atoms with van der Waals surface area (Å²) in [5.41, 5.74) is 0. The van der Waals surface area contributed by atoms with Gasteiger partial charge in [0.25, 0.3) is 0 Å². The van der Waals surface area contributed by atoms with Gasteiger partial charge >= 0.3 is 0 Å². The van der Waals surface area contributed by atoms with E-state index in [4.69, 9.17) is 16.3 Å². The van der Waals surface area contributed by atoms with Gasteiger partial charge in [0.15, 0.2) is 0 Å². The molecule has 1 atom stereocenters. The van der Waals surface area contributed by atoms with E-state index in [1.807, 2.05) is 6.92 Å². The summed E-state index contributed by atoms with van der Waals surface area (Å²) in [4.78, 5) is 21.2. The first-order valence-corrected chi connectivity index (χ1v) is 10.8.